The number of methoxy groups -OCH3 is 1. The summed E-state index contributed by atoms with van der Waals surface area (Å²) in [6, 6.07) is 1.09. The number of nitrogens with two attached hydrogens (primary N) is 1. The molecule has 102 valence electrons. The molecule has 1 rings (SSSR count). The Morgan fingerprint density at radius 2 is 2.00 bits per heavy atom. The maximum Gasteiger partial charge on any atom is 0.0503 e. The summed E-state index contributed by atoms with van der Waals surface area (Å²) in [4.78, 5) is 2.61. The molecule has 2 N–H and O–H groups in total. The lowest BCUT2D eigenvalue weighted by molar-refractivity contribution is 0.00569. The Morgan fingerprint density at radius 3 is 2.53 bits per heavy atom. The highest BCUT2D eigenvalue weighted by molar-refractivity contribution is 4.89. The second kappa shape index (κ2) is 6.72. The van der Waals surface area contributed by atoms with Gasteiger partial charge >= 0.3 is 0 Å². The summed E-state index contributed by atoms with van der Waals surface area (Å²) < 4.78 is 5.28. The highest BCUT2D eigenvalue weighted by Gasteiger charge is 2.34. The van der Waals surface area contributed by atoms with Gasteiger partial charge < -0.3 is 10.5 Å². The molecular weight excluding hydrogens is 212 g/mol. The number of rotatable bonds is 5. The van der Waals surface area contributed by atoms with Crippen molar-refractivity contribution < 1.29 is 4.74 Å². The molecule has 1 heterocycles. The molecule has 0 aromatic carbocycles. The molecule has 0 spiro atoms. The highest BCUT2D eigenvalue weighted by atomic mass is 16.5. The second-order valence-corrected chi connectivity index (χ2v) is 5.99. The second-order valence-electron chi connectivity index (χ2n) is 5.99. The third-order valence-corrected chi connectivity index (χ3v) is 4.40. The normalized spacial score (nSPS) is 34.6. The zero-order valence-corrected chi connectivity index (χ0v) is 12.1. The summed E-state index contributed by atoms with van der Waals surface area (Å²) in [5.74, 6) is 2.05. The maximum absolute atomic E-state index is 5.99. The Labute approximate surface area is 107 Å². The van der Waals surface area contributed by atoms with Gasteiger partial charge in [-0.1, -0.05) is 20.8 Å². The molecule has 1 aliphatic rings. The third kappa shape index (κ3) is 3.67. The van der Waals surface area contributed by atoms with Crippen molar-refractivity contribution in [1.29, 1.82) is 0 Å². The van der Waals surface area contributed by atoms with Crippen molar-refractivity contribution in [3.05, 3.63) is 0 Å². The zero-order valence-electron chi connectivity index (χ0n) is 12.1. The fourth-order valence-corrected chi connectivity index (χ4v) is 3.27. The lowest BCUT2D eigenvalue weighted by Gasteiger charge is -2.46. The van der Waals surface area contributed by atoms with Gasteiger partial charge in [-0.3, -0.25) is 4.90 Å². The van der Waals surface area contributed by atoms with Gasteiger partial charge in [-0.25, -0.2) is 0 Å². The van der Waals surface area contributed by atoms with Crippen LogP contribution in [-0.4, -0.2) is 43.8 Å². The number of hydrogen-bond donors (Lipinski definition) is 1. The Balaban J connectivity index is 2.71. The van der Waals surface area contributed by atoms with E-state index in [1.807, 2.05) is 0 Å². The van der Waals surface area contributed by atoms with Gasteiger partial charge in [-0.05, 0) is 31.1 Å². The predicted molar refractivity (Wildman–Crippen MR) is 73.0 cm³/mol. The van der Waals surface area contributed by atoms with Crippen molar-refractivity contribution in [1.82, 2.24) is 4.90 Å². The van der Waals surface area contributed by atoms with E-state index in [0.29, 0.717) is 18.0 Å². The smallest absolute Gasteiger partial charge is 0.0503 e. The molecule has 0 radical (unpaired) electrons. The minimum absolute atomic E-state index is 0.454. The summed E-state index contributed by atoms with van der Waals surface area (Å²) >= 11 is 0. The van der Waals surface area contributed by atoms with Crippen molar-refractivity contribution >= 4 is 0 Å². The molecule has 0 saturated carbocycles. The average molecular weight is 242 g/mol. The van der Waals surface area contributed by atoms with Crippen LogP contribution in [0.2, 0.25) is 0 Å². The van der Waals surface area contributed by atoms with Crippen LogP contribution in [0.4, 0.5) is 0 Å². The van der Waals surface area contributed by atoms with Crippen LogP contribution in [0.1, 0.15) is 34.1 Å². The van der Waals surface area contributed by atoms with Gasteiger partial charge in [0.05, 0.1) is 6.61 Å². The first-order valence-electron chi connectivity index (χ1n) is 6.96. The fourth-order valence-electron chi connectivity index (χ4n) is 3.27. The first-order valence-corrected chi connectivity index (χ1v) is 6.96. The summed E-state index contributed by atoms with van der Waals surface area (Å²) in [7, 11) is 1.77. The summed E-state index contributed by atoms with van der Waals surface area (Å²) in [6.07, 6.45) is 1.34. The van der Waals surface area contributed by atoms with Crippen LogP contribution in [0.25, 0.3) is 0 Å². The highest BCUT2D eigenvalue weighted by Crippen LogP contribution is 2.30. The summed E-state index contributed by atoms with van der Waals surface area (Å²) in [5, 5.41) is 0. The molecule has 3 heteroatoms. The van der Waals surface area contributed by atoms with Gasteiger partial charge in [0, 0.05) is 32.3 Å². The molecule has 0 amide bonds. The van der Waals surface area contributed by atoms with Crippen molar-refractivity contribution in [2.24, 2.45) is 23.5 Å². The molecule has 0 aromatic heterocycles. The Bertz CT molecular complexity index is 222. The number of likely N-dealkylation sites (tertiary alicyclic amines) is 1. The minimum atomic E-state index is 0.454. The molecule has 0 aromatic rings. The standard InChI is InChI=1S/C14H30N2O/c1-10-6-11(2)13(4)16(8-10)14(7-15)12(3)9-17-5/h10-14H,6-9,15H2,1-5H3. The third-order valence-electron chi connectivity index (χ3n) is 4.40. The molecular formula is C14H30N2O. The number of nitrogens with zero attached hydrogens (tertiary/aromatic N) is 1. The fraction of sp³-hybridized carbons (Fsp3) is 1.00. The van der Waals surface area contributed by atoms with Crippen molar-refractivity contribution in [2.75, 3.05) is 26.8 Å². The summed E-state index contributed by atoms with van der Waals surface area (Å²) in [6.45, 7) is 12.0. The Kier molecular flexibility index (Phi) is 5.90. The molecule has 0 aliphatic carbocycles. The first-order chi connectivity index (χ1) is 8.01. The number of piperidine rings is 1. The molecule has 5 unspecified atom stereocenters. The predicted octanol–water partition coefficient (Wildman–Crippen LogP) is 1.96. The van der Waals surface area contributed by atoms with Crippen LogP contribution in [0.15, 0.2) is 0 Å². The van der Waals surface area contributed by atoms with Gasteiger partial charge in [0.25, 0.3) is 0 Å². The topological polar surface area (TPSA) is 38.5 Å². The molecule has 0 bridgehead atoms. The SMILES string of the molecule is COCC(C)C(CN)N1CC(C)CC(C)C1C. The molecule has 1 aliphatic heterocycles. The maximum atomic E-state index is 5.99. The van der Waals surface area contributed by atoms with E-state index in [1.54, 1.807) is 7.11 Å². The molecule has 1 saturated heterocycles. The van der Waals surface area contributed by atoms with E-state index < -0.39 is 0 Å². The van der Waals surface area contributed by atoms with Gasteiger partial charge in [0.1, 0.15) is 0 Å². The van der Waals surface area contributed by atoms with E-state index in [0.717, 1.165) is 25.0 Å². The molecule has 1 fully saturated rings. The van der Waals surface area contributed by atoms with E-state index in [1.165, 1.54) is 13.0 Å². The van der Waals surface area contributed by atoms with E-state index in [9.17, 15) is 0 Å². The van der Waals surface area contributed by atoms with E-state index in [-0.39, 0.29) is 0 Å². The van der Waals surface area contributed by atoms with E-state index >= 15 is 0 Å². The Morgan fingerprint density at radius 1 is 1.35 bits per heavy atom. The lowest BCUT2D eigenvalue weighted by atomic mass is 9.83. The number of ether oxygens (including phenoxy) is 1. The molecule has 17 heavy (non-hydrogen) atoms. The van der Waals surface area contributed by atoms with Crippen LogP contribution in [-0.2, 0) is 4.74 Å². The monoisotopic (exact) mass is 242 g/mol. The zero-order chi connectivity index (χ0) is 13.0. The van der Waals surface area contributed by atoms with Gasteiger partial charge in [-0.2, -0.15) is 0 Å². The average Bonchev–Trinajstić information content (AvgIpc) is 2.26. The van der Waals surface area contributed by atoms with E-state index in [4.69, 9.17) is 10.5 Å². The van der Waals surface area contributed by atoms with Crippen molar-refractivity contribution in [3.63, 3.8) is 0 Å². The van der Waals surface area contributed by atoms with Crippen LogP contribution in [0.5, 0.6) is 0 Å². The van der Waals surface area contributed by atoms with Gasteiger partial charge in [0.2, 0.25) is 0 Å². The van der Waals surface area contributed by atoms with Crippen LogP contribution in [0.3, 0.4) is 0 Å². The largest absolute Gasteiger partial charge is 0.384 e. The first kappa shape index (κ1) is 14.9. The minimum Gasteiger partial charge on any atom is -0.384 e. The van der Waals surface area contributed by atoms with Crippen LogP contribution >= 0.6 is 0 Å². The van der Waals surface area contributed by atoms with Crippen molar-refractivity contribution in [2.45, 2.75) is 46.2 Å². The quantitative estimate of drug-likeness (QED) is 0.801. The van der Waals surface area contributed by atoms with Crippen LogP contribution in [0, 0.1) is 17.8 Å². The van der Waals surface area contributed by atoms with E-state index in [2.05, 4.69) is 32.6 Å². The molecule has 3 nitrogen and oxygen atoms in total. The molecule has 5 atom stereocenters. The van der Waals surface area contributed by atoms with Gasteiger partial charge in [0.15, 0.2) is 0 Å². The number of hydrogen-bond acceptors (Lipinski definition) is 3. The van der Waals surface area contributed by atoms with Crippen molar-refractivity contribution in [3.8, 4) is 0 Å². The van der Waals surface area contributed by atoms with Gasteiger partial charge in [-0.15, -0.1) is 0 Å². The Hall–Kier alpha value is -0.120. The summed E-state index contributed by atoms with van der Waals surface area (Å²) in [5.41, 5.74) is 5.99. The van der Waals surface area contributed by atoms with Crippen LogP contribution < -0.4 is 5.73 Å². The lowest BCUT2D eigenvalue weighted by Crippen LogP contribution is -2.56.